The summed E-state index contributed by atoms with van der Waals surface area (Å²) < 4.78 is 0. The van der Waals surface area contributed by atoms with Crippen LogP contribution in [0.5, 0.6) is 0 Å². The molecular formula is C19H32N4O. The van der Waals surface area contributed by atoms with E-state index in [-0.39, 0.29) is 11.6 Å². The van der Waals surface area contributed by atoms with E-state index in [0.29, 0.717) is 6.54 Å². The first-order valence-corrected chi connectivity index (χ1v) is 8.85. The van der Waals surface area contributed by atoms with Gasteiger partial charge in [-0.25, -0.2) is 4.79 Å². The third-order valence-corrected chi connectivity index (χ3v) is 4.27. The van der Waals surface area contributed by atoms with Gasteiger partial charge in [0, 0.05) is 51.4 Å². The third-order valence-electron chi connectivity index (χ3n) is 4.27. The summed E-state index contributed by atoms with van der Waals surface area (Å²) in [5, 5.41) is 3.09. The van der Waals surface area contributed by atoms with Crippen LogP contribution in [-0.4, -0.2) is 72.6 Å². The van der Waals surface area contributed by atoms with Crippen molar-refractivity contribution in [3.8, 4) is 0 Å². The van der Waals surface area contributed by atoms with Gasteiger partial charge in [-0.1, -0.05) is 30.3 Å². The number of nitrogens with zero attached hydrogens (tertiary/aromatic N) is 3. The largest absolute Gasteiger partial charge is 0.333 e. The number of urea groups is 1. The molecule has 5 heteroatoms. The molecule has 0 unspecified atom stereocenters. The van der Waals surface area contributed by atoms with Gasteiger partial charge >= 0.3 is 6.03 Å². The highest BCUT2D eigenvalue weighted by atomic mass is 16.2. The van der Waals surface area contributed by atoms with E-state index in [1.54, 1.807) is 0 Å². The van der Waals surface area contributed by atoms with Gasteiger partial charge in [-0.05, 0) is 33.4 Å². The van der Waals surface area contributed by atoms with E-state index < -0.39 is 0 Å². The third kappa shape index (κ3) is 6.49. The van der Waals surface area contributed by atoms with Crippen molar-refractivity contribution in [2.45, 2.75) is 32.9 Å². The van der Waals surface area contributed by atoms with Crippen molar-refractivity contribution in [2.24, 2.45) is 0 Å². The van der Waals surface area contributed by atoms with Gasteiger partial charge in [0.2, 0.25) is 0 Å². The Hall–Kier alpha value is -1.59. The molecule has 1 aromatic carbocycles. The fraction of sp³-hybridized carbons (Fsp3) is 0.632. The van der Waals surface area contributed by atoms with Crippen molar-refractivity contribution in [3.05, 3.63) is 35.9 Å². The molecule has 1 N–H and O–H groups in total. The Labute approximate surface area is 146 Å². The summed E-state index contributed by atoms with van der Waals surface area (Å²) in [6, 6.07) is 10.2. The number of hydrogen-bond donors (Lipinski definition) is 1. The van der Waals surface area contributed by atoms with E-state index >= 15 is 0 Å². The molecule has 0 bridgehead atoms. The molecule has 1 heterocycles. The number of likely N-dealkylation sites (N-methyl/N-ethyl adjacent to an activating group) is 1. The summed E-state index contributed by atoms with van der Waals surface area (Å²) in [4.78, 5) is 19.4. The van der Waals surface area contributed by atoms with E-state index in [2.05, 4.69) is 34.3 Å². The summed E-state index contributed by atoms with van der Waals surface area (Å²) in [7, 11) is 2.16. The number of rotatable bonds is 5. The minimum Gasteiger partial charge on any atom is -0.333 e. The molecule has 0 saturated carbocycles. The van der Waals surface area contributed by atoms with Gasteiger partial charge in [-0.2, -0.15) is 0 Å². The maximum Gasteiger partial charge on any atom is 0.318 e. The molecule has 24 heavy (non-hydrogen) atoms. The van der Waals surface area contributed by atoms with E-state index in [9.17, 15) is 4.79 Å². The van der Waals surface area contributed by atoms with Gasteiger partial charge in [0.25, 0.3) is 0 Å². The van der Waals surface area contributed by atoms with Crippen LogP contribution in [0.15, 0.2) is 30.3 Å². The number of carbonyl (C=O) groups is 1. The van der Waals surface area contributed by atoms with Crippen LogP contribution in [0.2, 0.25) is 0 Å². The van der Waals surface area contributed by atoms with Crippen LogP contribution >= 0.6 is 0 Å². The van der Waals surface area contributed by atoms with Crippen molar-refractivity contribution >= 4 is 6.03 Å². The molecule has 1 fully saturated rings. The van der Waals surface area contributed by atoms with Crippen molar-refractivity contribution in [3.63, 3.8) is 0 Å². The Morgan fingerprint density at radius 1 is 1.12 bits per heavy atom. The SMILES string of the molecule is CN1CCN(CCN(Cc2ccccc2)C(=O)NC(C)(C)C)CC1. The first-order valence-electron chi connectivity index (χ1n) is 8.85. The Balaban J connectivity index is 1.95. The molecule has 0 aromatic heterocycles. The molecule has 1 aliphatic heterocycles. The van der Waals surface area contributed by atoms with Crippen LogP contribution in [0.25, 0.3) is 0 Å². The standard InChI is InChI=1S/C19H32N4O/c1-19(2,3)20-18(24)23(16-17-8-6-5-7-9-17)15-14-22-12-10-21(4)11-13-22/h5-9H,10-16H2,1-4H3,(H,20,24). The number of nitrogens with one attached hydrogen (secondary N) is 1. The number of carbonyl (C=O) groups excluding carboxylic acids is 1. The molecular weight excluding hydrogens is 300 g/mol. The molecule has 0 aliphatic carbocycles. The van der Waals surface area contributed by atoms with Crippen molar-refractivity contribution in [2.75, 3.05) is 46.3 Å². The van der Waals surface area contributed by atoms with Gasteiger partial charge in [0.1, 0.15) is 0 Å². The lowest BCUT2D eigenvalue weighted by atomic mass is 10.1. The monoisotopic (exact) mass is 332 g/mol. The Kier molecular flexibility index (Phi) is 6.63. The summed E-state index contributed by atoms with van der Waals surface area (Å²) >= 11 is 0. The van der Waals surface area contributed by atoms with Crippen LogP contribution in [0, 0.1) is 0 Å². The molecule has 0 atom stereocenters. The van der Waals surface area contributed by atoms with Crippen LogP contribution in [0.3, 0.4) is 0 Å². The average molecular weight is 332 g/mol. The van der Waals surface area contributed by atoms with E-state index in [0.717, 1.165) is 39.3 Å². The van der Waals surface area contributed by atoms with Gasteiger partial charge in [-0.15, -0.1) is 0 Å². The first kappa shape index (κ1) is 18.7. The molecule has 1 saturated heterocycles. The number of benzene rings is 1. The van der Waals surface area contributed by atoms with Crippen LogP contribution in [0.1, 0.15) is 26.3 Å². The fourth-order valence-electron chi connectivity index (χ4n) is 2.79. The number of piperazine rings is 1. The molecule has 5 nitrogen and oxygen atoms in total. The fourth-order valence-corrected chi connectivity index (χ4v) is 2.79. The zero-order chi connectivity index (χ0) is 17.6. The first-order chi connectivity index (χ1) is 11.3. The van der Waals surface area contributed by atoms with E-state index in [1.807, 2.05) is 43.9 Å². The molecule has 2 amide bonds. The van der Waals surface area contributed by atoms with Crippen molar-refractivity contribution in [1.29, 1.82) is 0 Å². The topological polar surface area (TPSA) is 38.8 Å². The molecule has 0 radical (unpaired) electrons. The van der Waals surface area contributed by atoms with Gasteiger partial charge in [0.15, 0.2) is 0 Å². The summed E-state index contributed by atoms with van der Waals surface area (Å²) in [6.45, 7) is 12.8. The quantitative estimate of drug-likeness (QED) is 0.899. The maximum atomic E-state index is 12.7. The second-order valence-electron chi connectivity index (χ2n) is 7.73. The van der Waals surface area contributed by atoms with Gasteiger partial charge in [0.05, 0.1) is 0 Å². The second kappa shape index (κ2) is 8.49. The Morgan fingerprint density at radius 3 is 2.33 bits per heavy atom. The van der Waals surface area contributed by atoms with Gasteiger partial charge < -0.3 is 15.1 Å². The molecule has 0 spiro atoms. The van der Waals surface area contributed by atoms with Crippen LogP contribution in [-0.2, 0) is 6.54 Å². The smallest absolute Gasteiger partial charge is 0.318 e. The molecule has 1 aliphatic rings. The molecule has 2 rings (SSSR count). The maximum absolute atomic E-state index is 12.7. The average Bonchev–Trinajstić information content (AvgIpc) is 2.52. The van der Waals surface area contributed by atoms with Crippen molar-refractivity contribution < 1.29 is 4.79 Å². The minimum atomic E-state index is -0.222. The zero-order valence-corrected chi connectivity index (χ0v) is 15.6. The zero-order valence-electron chi connectivity index (χ0n) is 15.6. The lowest BCUT2D eigenvalue weighted by Gasteiger charge is -2.34. The molecule has 1 aromatic rings. The second-order valence-corrected chi connectivity index (χ2v) is 7.73. The van der Waals surface area contributed by atoms with Crippen LogP contribution in [0.4, 0.5) is 4.79 Å². The van der Waals surface area contributed by atoms with Gasteiger partial charge in [-0.3, -0.25) is 4.90 Å². The highest BCUT2D eigenvalue weighted by molar-refractivity contribution is 5.75. The highest BCUT2D eigenvalue weighted by Gasteiger charge is 2.21. The minimum absolute atomic E-state index is 0.0143. The predicted octanol–water partition coefficient (Wildman–Crippen LogP) is 2.24. The highest BCUT2D eigenvalue weighted by Crippen LogP contribution is 2.08. The normalized spacial score (nSPS) is 16.8. The Bertz CT molecular complexity index is 504. The van der Waals surface area contributed by atoms with E-state index in [4.69, 9.17) is 0 Å². The summed E-state index contributed by atoms with van der Waals surface area (Å²) in [6.07, 6.45) is 0. The van der Waals surface area contributed by atoms with E-state index in [1.165, 1.54) is 5.56 Å². The Morgan fingerprint density at radius 2 is 1.75 bits per heavy atom. The lowest BCUT2D eigenvalue weighted by Crippen LogP contribution is -2.51. The number of amides is 2. The number of hydrogen-bond acceptors (Lipinski definition) is 3. The lowest BCUT2D eigenvalue weighted by molar-refractivity contribution is 0.134. The predicted molar refractivity (Wildman–Crippen MR) is 99.1 cm³/mol. The molecule has 134 valence electrons. The summed E-state index contributed by atoms with van der Waals surface area (Å²) in [5.41, 5.74) is 0.944. The van der Waals surface area contributed by atoms with Crippen molar-refractivity contribution in [1.82, 2.24) is 20.0 Å². The summed E-state index contributed by atoms with van der Waals surface area (Å²) in [5.74, 6) is 0. The van der Waals surface area contributed by atoms with Crippen LogP contribution < -0.4 is 5.32 Å².